The Bertz CT molecular complexity index is 1500. The van der Waals surface area contributed by atoms with Gasteiger partial charge in [0.05, 0.1) is 23.3 Å². The van der Waals surface area contributed by atoms with Gasteiger partial charge < -0.3 is 30.9 Å². The lowest BCUT2D eigenvalue weighted by Crippen LogP contribution is -2.14. The number of carboxylic acid groups (broad SMARTS) is 2. The van der Waals surface area contributed by atoms with Gasteiger partial charge in [-0.15, -0.1) is 0 Å². The number of carbonyl (C=O) groups is 3. The van der Waals surface area contributed by atoms with E-state index in [1.54, 1.807) is 48.5 Å². The number of aromatic nitrogens is 3. The van der Waals surface area contributed by atoms with Crippen molar-refractivity contribution in [2.45, 2.75) is 39.5 Å². The van der Waals surface area contributed by atoms with Crippen molar-refractivity contribution in [3.05, 3.63) is 89.5 Å². The molecule has 1 unspecified atom stereocenters. The molecule has 0 aliphatic heterocycles. The Balaban J connectivity index is 1.51. The summed E-state index contributed by atoms with van der Waals surface area (Å²) < 4.78 is 5.55. The first-order valence-corrected chi connectivity index (χ1v) is 14.2. The number of carbonyl (C=O) groups excluding carboxylic acids is 1. The van der Waals surface area contributed by atoms with Gasteiger partial charge in [-0.2, -0.15) is 15.0 Å². The van der Waals surface area contributed by atoms with Crippen molar-refractivity contribution >= 4 is 52.8 Å². The average Bonchev–Trinajstić information content (AvgIpc) is 3.02. The first-order valence-electron chi connectivity index (χ1n) is 14.2. The molecule has 1 aromatic heterocycles. The minimum Gasteiger partial charge on any atom is -0.478 e. The maximum absolute atomic E-state index is 12.6. The number of nitrogens with zero attached hydrogens (tertiary/aromatic N) is 3. The highest BCUT2D eigenvalue weighted by Gasteiger charge is 2.14. The molecule has 0 aliphatic carbocycles. The Morgan fingerprint density at radius 1 is 0.659 bits per heavy atom. The third-order valence-corrected chi connectivity index (χ3v) is 6.78. The number of unbranched alkanes of at least 4 members (excludes halogenated alkanes) is 1. The normalized spacial score (nSPS) is 11.3. The number of anilines is 6. The fourth-order valence-corrected chi connectivity index (χ4v) is 4.19. The second kappa shape index (κ2) is 15.1. The standard InChI is InChI=1S/C32H34N6O6/c1-3-5-6-20(4-2)19-44-29(43)23-11-17-26(18-12-23)35-32-37-30(33-24-13-7-21(8-14-24)27(39)40)36-31(38-32)34-25-15-9-22(10-16-25)28(41)42/h7-18,20H,3-6,19H2,1-2H3,(H,39,40)(H,41,42)(H3,33,34,35,36,37,38). The molecule has 12 nitrogen and oxygen atoms in total. The summed E-state index contributed by atoms with van der Waals surface area (Å²) >= 11 is 0. The fourth-order valence-electron chi connectivity index (χ4n) is 4.19. The molecule has 0 aliphatic rings. The zero-order valence-electron chi connectivity index (χ0n) is 24.4. The van der Waals surface area contributed by atoms with Gasteiger partial charge in [0.1, 0.15) is 0 Å². The number of hydrogen-bond acceptors (Lipinski definition) is 10. The van der Waals surface area contributed by atoms with Crippen molar-refractivity contribution in [1.82, 2.24) is 15.0 Å². The zero-order valence-corrected chi connectivity index (χ0v) is 24.4. The van der Waals surface area contributed by atoms with E-state index >= 15 is 0 Å². The highest BCUT2D eigenvalue weighted by Crippen LogP contribution is 2.22. The predicted octanol–water partition coefficient (Wildman–Crippen LogP) is 6.87. The van der Waals surface area contributed by atoms with Gasteiger partial charge in [0.25, 0.3) is 0 Å². The molecule has 5 N–H and O–H groups in total. The number of hydrogen-bond donors (Lipinski definition) is 5. The van der Waals surface area contributed by atoms with Crippen LogP contribution < -0.4 is 16.0 Å². The van der Waals surface area contributed by atoms with Gasteiger partial charge in [-0.25, -0.2) is 14.4 Å². The SMILES string of the molecule is CCCCC(CC)COC(=O)c1ccc(Nc2nc(Nc3ccc(C(=O)O)cc3)nc(Nc3ccc(C(=O)O)cc3)n2)cc1. The van der Waals surface area contributed by atoms with Crippen molar-refractivity contribution in [3.8, 4) is 0 Å². The van der Waals surface area contributed by atoms with Crippen LogP contribution >= 0.6 is 0 Å². The van der Waals surface area contributed by atoms with E-state index in [9.17, 15) is 24.6 Å². The van der Waals surface area contributed by atoms with Crippen LogP contribution in [-0.2, 0) is 4.74 Å². The summed E-state index contributed by atoms with van der Waals surface area (Å²) in [6.07, 6.45) is 4.20. The van der Waals surface area contributed by atoms with Gasteiger partial charge in [0.2, 0.25) is 17.8 Å². The summed E-state index contributed by atoms with van der Waals surface area (Å²) in [7, 11) is 0. The summed E-state index contributed by atoms with van der Waals surface area (Å²) in [5, 5.41) is 27.5. The Kier molecular flexibility index (Phi) is 10.8. The van der Waals surface area contributed by atoms with E-state index in [1.807, 2.05) is 0 Å². The second-order valence-corrected chi connectivity index (χ2v) is 10.0. The Morgan fingerprint density at radius 2 is 1.05 bits per heavy atom. The number of nitrogens with one attached hydrogen (secondary N) is 3. The number of benzene rings is 3. The van der Waals surface area contributed by atoms with Crippen molar-refractivity contribution in [2.24, 2.45) is 5.92 Å². The van der Waals surface area contributed by atoms with Crippen molar-refractivity contribution in [3.63, 3.8) is 0 Å². The molecule has 0 saturated heterocycles. The predicted molar refractivity (Wildman–Crippen MR) is 167 cm³/mol. The topological polar surface area (TPSA) is 176 Å². The first kappa shape index (κ1) is 31.4. The minimum atomic E-state index is -1.04. The van der Waals surface area contributed by atoms with Crippen molar-refractivity contribution < 1.29 is 29.3 Å². The van der Waals surface area contributed by atoms with Crippen LogP contribution in [0.1, 0.15) is 70.6 Å². The van der Waals surface area contributed by atoms with E-state index in [4.69, 9.17) is 4.74 Å². The molecule has 1 atom stereocenters. The van der Waals surface area contributed by atoms with Crippen LogP contribution in [0.3, 0.4) is 0 Å². The van der Waals surface area contributed by atoms with Crippen LogP contribution in [-0.4, -0.2) is 49.7 Å². The van der Waals surface area contributed by atoms with Crippen LogP contribution in [0.2, 0.25) is 0 Å². The van der Waals surface area contributed by atoms with E-state index in [-0.39, 0.29) is 34.9 Å². The molecule has 1 heterocycles. The van der Waals surface area contributed by atoms with Crippen LogP contribution in [0.25, 0.3) is 0 Å². The van der Waals surface area contributed by atoms with Gasteiger partial charge in [-0.05, 0) is 85.1 Å². The molecule has 12 heteroatoms. The minimum absolute atomic E-state index is 0.134. The highest BCUT2D eigenvalue weighted by molar-refractivity contribution is 5.90. The maximum atomic E-state index is 12.6. The molecule has 3 aromatic carbocycles. The molecule has 0 bridgehead atoms. The summed E-state index contributed by atoms with van der Waals surface area (Å²) in [5.74, 6) is -1.63. The Labute approximate surface area is 254 Å². The lowest BCUT2D eigenvalue weighted by Gasteiger charge is -2.15. The molecule has 4 aromatic rings. The van der Waals surface area contributed by atoms with Crippen LogP contribution in [0.4, 0.5) is 34.9 Å². The van der Waals surface area contributed by atoms with Gasteiger partial charge in [-0.1, -0.05) is 33.1 Å². The largest absolute Gasteiger partial charge is 0.478 e. The monoisotopic (exact) mass is 598 g/mol. The maximum Gasteiger partial charge on any atom is 0.338 e. The van der Waals surface area contributed by atoms with Gasteiger partial charge in [0, 0.05) is 17.1 Å². The number of carboxylic acids is 2. The third-order valence-electron chi connectivity index (χ3n) is 6.78. The quantitative estimate of drug-likeness (QED) is 0.0899. The van der Waals surface area contributed by atoms with Crippen LogP contribution in [0.15, 0.2) is 72.8 Å². The molecule has 0 spiro atoms. The summed E-state index contributed by atoms with van der Waals surface area (Å²) in [6, 6.07) is 18.9. The second-order valence-electron chi connectivity index (χ2n) is 10.0. The van der Waals surface area contributed by atoms with Crippen molar-refractivity contribution in [2.75, 3.05) is 22.6 Å². The lowest BCUT2D eigenvalue weighted by atomic mass is 10.0. The zero-order chi connectivity index (χ0) is 31.5. The van der Waals surface area contributed by atoms with E-state index in [0.717, 1.165) is 25.7 Å². The Morgan fingerprint density at radius 3 is 1.39 bits per heavy atom. The summed E-state index contributed by atoms with van der Waals surface area (Å²) in [6.45, 7) is 4.63. The van der Waals surface area contributed by atoms with Crippen molar-refractivity contribution in [1.29, 1.82) is 0 Å². The van der Waals surface area contributed by atoms with E-state index in [0.29, 0.717) is 35.2 Å². The van der Waals surface area contributed by atoms with E-state index < -0.39 is 11.9 Å². The Hall–Kier alpha value is -5.52. The molecule has 0 amide bonds. The summed E-state index contributed by atoms with van der Waals surface area (Å²) in [5.41, 5.74) is 2.40. The smallest absolute Gasteiger partial charge is 0.338 e. The van der Waals surface area contributed by atoms with E-state index in [2.05, 4.69) is 44.7 Å². The molecule has 0 fully saturated rings. The number of esters is 1. The molecular formula is C32H34N6O6. The third kappa shape index (κ3) is 8.99. The highest BCUT2D eigenvalue weighted by atomic mass is 16.5. The number of ether oxygens (including phenoxy) is 1. The lowest BCUT2D eigenvalue weighted by molar-refractivity contribution is 0.0427. The molecule has 44 heavy (non-hydrogen) atoms. The number of rotatable bonds is 15. The molecule has 4 rings (SSSR count). The molecular weight excluding hydrogens is 564 g/mol. The van der Waals surface area contributed by atoms with Gasteiger partial charge in [0.15, 0.2) is 0 Å². The first-order chi connectivity index (χ1) is 21.2. The van der Waals surface area contributed by atoms with E-state index in [1.165, 1.54) is 24.3 Å². The molecule has 0 saturated carbocycles. The van der Waals surface area contributed by atoms with Crippen LogP contribution in [0.5, 0.6) is 0 Å². The van der Waals surface area contributed by atoms with Crippen LogP contribution in [0, 0.1) is 5.92 Å². The average molecular weight is 599 g/mol. The fraction of sp³-hybridized carbons (Fsp3) is 0.250. The van der Waals surface area contributed by atoms with Gasteiger partial charge >= 0.3 is 17.9 Å². The number of aromatic carboxylic acids is 2. The molecule has 0 radical (unpaired) electrons. The van der Waals surface area contributed by atoms with Gasteiger partial charge in [-0.3, -0.25) is 0 Å². The molecule has 228 valence electrons. The summed E-state index contributed by atoms with van der Waals surface area (Å²) in [4.78, 5) is 48.3.